The van der Waals surface area contributed by atoms with Gasteiger partial charge in [0.1, 0.15) is 0 Å². The average molecular weight is 334 g/mol. The normalized spacial score (nSPS) is 30.4. The second-order valence-corrected chi connectivity index (χ2v) is 8.10. The highest BCUT2D eigenvalue weighted by atomic mass is 32.1. The van der Waals surface area contributed by atoms with Crippen LogP contribution in [0.3, 0.4) is 0 Å². The van der Waals surface area contributed by atoms with E-state index in [4.69, 9.17) is 4.74 Å². The van der Waals surface area contributed by atoms with Gasteiger partial charge in [-0.1, -0.05) is 0 Å². The molecule has 4 heterocycles. The van der Waals surface area contributed by atoms with Gasteiger partial charge >= 0.3 is 0 Å². The van der Waals surface area contributed by atoms with Crippen molar-refractivity contribution in [1.82, 2.24) is 9.80 Å². The maximum Gasteiger partial charge on any atom is 0.230 e. The second-order valence-electron chi connectivity index (χ2n) is 7.32. The van der Waals surface area contributed by atoms with Crippen LogP contribution in [0.15, 0.2) is 16.8 Å². The molecule has 3 fully saturated rings. The van der Waals surface area contributed by atoms with Crippen LogP contribution in [-0.4, -0.2) is 54.6 Å². The van der Waals surface area contributed by atoms with E-state index in [0.29, 0.717) is 11.9 Å². The molecule has 4 rings (SSSR count). The molecule has 0 aromatic carbocycles. The summed E-state index contributed by atoms with van der Waals surface area (Å²) in [4.78, 5) is 17.9. The molecule has 0 radical (unpaired) electrons. The molecule has 126 valence electrons. The summed E-state index contributed by atoms with van der Waals surface area (Å²) in [6.07, 6.45) is 5.30. The monoisotopic (exact) mass is 334 g/mol. The van der Waals surface area contributed by atoms with Gasteiger partial charge in [-0.15, -0.1) is 0 Å². The number of rotatable bonds is 3. The predicted molar refractivity (Wildman–Crippen MR) is 91.4 cm³/mol. The van der Waals surface area contributed by atoms with Gasteiger partial charge in [-0.25, -0.2) is 0 Å². The van der Waals surface area contributed by atoms with Crippen molar-refractivity contribution in [2.45, 2.75) is 44.7 Å². The topological polar surface area (TPSA) is 32.8 Å². The molecule has 3 aliphatic heterocycles. The largest absolute Gasteiger partial charge is 0.381 e. The van der Waals surface area contributed by atoms with E-state index < -0.39 is 0 Å². The Balaban J connectivity index is 1.44. The Morgan fingerprint density at radius 3 is 2.91 bits per heavy atom. The van der Waals surface area contributed by atoms with E-state index in [-0.39, 0.29) is 5.41 Å². The number of carbonyl (C=O) groups excluding carboxylic acids is 1. The van der Waals surface area contributed by atoms with Crippen molar-refractivity contribution < 1.29 is 9.53 Å². The van der Waals surface area contributed by atoms with E-state index in [1.54, 1.807) is 11.3 Å². The summed E-state index contributed by atoms with van der Waals surface area (Å²) < 4.78 is 5.47. The lowest BCUT2D eigenvalue weighted by Gasteiger charge is -2.44. The maximum atomic E-state index is 13.3. The SMILES string of the molecule is O=C1N(C2CCOCC2)CCC[C@@]12CCN(Cc1ccsc1)C2. The maximum absolute atomic E-state index is 13.3. The smallest absolute Gasteiger partial charge is 0.230 e. The molecule has 1 atom stereocenters. The van der Waals surface area contributed by atoms with Gasteiger partial charge < -0.3 is 9.64 Å². The van der Waals surface area contributed by atoms with Crippen LogP contribution in [0.4, 0.5) is 0 Å². The second kappa shape index (κ2) is 6.54. The van der Waals surface area contributed by atoms with Gasteiger partial charge in [-0.2, -0.15) is 11.3 Å². The number of hydrogen-bond acceptors (Lipinski definition) is 4. The predicted octanol–water partition coefficient (Wildman–Crippen LogP) is 2.74. The molecule has 5 heteroatoms. The number of nitrogens with zero attached hydrogens (tertiary/aromatic N) is 2. The Bertz CT molecular complexity index is 541. The Hall–Kier alpha value is -0.910. The van der Waals surface area contributed by atoms with Crippen molar-refractivity contribution >= 4 is 17.2 Å². The van der Waals surface area contributed by atoms with Crippen LogP contribution in [-0.2, 0) is 16.1 Å². The van der Waals surface area contributed by atoms with Crippen LogP contribution in [0.5, 0.6) is 0 Å². The highest BCUT2D eigenvalue weighted by Crippen LogP contribution is 2.41. The zero-order chi connectivity index (χ0) is 15.7. The lowest BCUT2D eigenvalue weighted by atomic mass is 9.77. The number of amides is 1. The fourth-order valence-corrected chi connectivity index (χ4v) is 5.22. The molecule has 0 N–H and O–H groups in total. The van der Waals surface area contributed by atoms with Gasteiger partial charge in [-0.3, -0.25) is 9.69 Å². The lowest BCUT2D eigenvalue weighted by Crippen LogP contribution is -2.54. The first-order valence-corrected chi connectivity index (χ1v) is 9.83. The average Bonchev–Trinajstić information content (AvgIpc) is 3.23. The summed E-state index contributed by atoms with van der Waals surface area (Å²) in [5, 5.41) is 4.36. The Morgan fingerprint density at radius 2 is 2.13 bits per heavy atom. The van der Waals surface area contributed by atoms with E-state index in [1.165, 1.54) is 5.56 Å². The number of hydrogen-bond donors (Lipinski definition) is 0. The van der Waals surface area contributed by atoms with Crippen LogP contribution in [0.2, 0.25) is 0 Å². The number of thiophene rings is 1. The molecule has 1 aromatic heterocycles. The van der Waals surface area contributed by atoms with Crippen molar-refractivity contribution in [1.29, 1.82) is 0 Å². The molecule has 4 nitrogen and oxygen atoms in total. The summed E-state index contributed by atoms with van der Waals surface area (Å²) in [7, 11) is 0. The third-order valence-corrected chi connectivity index (χ3v) is 6.55. The number of likely N-dealkylation sites (tertiary alicyclic amines) is 2. The van der Waals surface area contributed by atoms with Crippen molar-refractivity contribution in [3.63, 3.8) is 0 Å². The van der Waals surface area contributed by atoms with Crippen LogP contribution in [0.1, 0.15) is 37.7 Å². The Morgan fingerprint density at radius 1 is 1.26 bits per heavy atom. The van der Waals surface area contributed by atoms with Gasteiger partial charge in [0.05, 0.1) is 5.41 Å². The molecule has 0 bridgehead atoms. The van der Waals surface area contributed by atoms with Crippen LogP contribution >= 0.6 is 11.3 Å². The zero-order valence-corrected chi connectivity index (χ0v) is 14.5. The lowest BCUT2D eigenvalue weighted by molar-refractivity contribution is -0.150. The van der Waals surface area contributed by atoms with Crippen LogP contribution in [0, 0.1) is 5.41 Å². The number of carbonyl (C=O) groups is 1. The molecular formula is C18H26N2O2S. The highest BCUT2D eigenvalue weighted by Gasteiger charge is 2.49. The molecule has 0 unspecified atom stereocenters. The van der Waals surface area contributed by atoms with E-state index in [9.17, 15) is 4.79 Å². The molecule has 0 aliphatic carbocycles. The molecule has 0 saturated carbocycles. The summed E-state index contributed by atoms with van der Waals surface area (Å²) in [5.74, 6) is 0.434. The summed E-state index contributed by atoms with van der Waals surface area (Å²) in [6, 6.07) is 2.62. The molecular weight excluding hydrogens is 308 g/mol. The first-order valence-electron chi connectivity index (χ1n) is 8.89. The van der Waals surface area contributed by atoms with Crippen LogP contribution in [0.25, 0.3) is 0 Å². The van der Waals surface area contributed by atoms with E-state index in [1.807, 2.05) is 0 Å². The minimum atomic E-state index is -0.105. The first-order chi connectivity index (χ1) is 11.3. The molecule has 1 amide bonds. The van der Waals surface area contributed by atoms with Gasteiger partial charge in [0.2, 0.25) is 5.91 Å². The Labute approximate surface area is 142 Å². The van der Waals surface area contributed by atoms with Crippen molar-refractivity contribution in [2.75, 3.05) is 32.8 Å². The Kier molecular flexibility index (Phi) is 4.43. The molecule has 3 aliphatic rings. The van der Waals surface area contributed by atoms with Gasteiger partial charge in [0.15, 0.2) is 0 Å². The van der Waals surface area contributed by atoms with Crippen molar-refractivity contribution in [3.8, 4) is 0 Å². The third kappa shape index (κ3) is 3.06. The summed E-state index contributed by atoms with van der Waals surface area (Å²) >= 11 is 1.76. The zero-order valence-electron chi connectivity index (χ0n) is 13.7. The minimum absolute atomic E-state index is 0.105. The summed E-state index contributed by atoms with van der Waals surface area (Å²) in [5.41, 5.74) is 1.28. The molecule has 23 heavy (non-hydrogen) atoms. The standard InChI is InChI=1S/C18H26N2O2S/c21-17-18(5-1-7-20(17)16-2-9-22-10-3-16)6-8-19(14-18)12-15-4-11-23-13-15/h4,11,13,16H,1-3,5-10,12,14H2/t18-/m0/s1. The van der Waals surface area contributed by atoms with E-state index >= 15 is 0 Å². The van der Waals surface area contributed by atoms with Gasteiger partial charge in [-0.05, 0) is 61.0 Å². The van der Waals surface area contributed by atoms with Crippen molar-refractivity contribution in [3.05, 3.63) is 22.4 Å². The quantitative estimate of drug-likeness (QED) is 0.852. The fourth-order valence-electron chi connectivity index (χ4n) is 4.56. The molecule has 1 aromatic rings. The minimum Gasteiger partial charge on any atom is -0.381 e. The fraction of sp³-hybridized carbons (Fsp3) is 0.722. The number of piperidine rings is 1. The first kappa shape index (κ1) is 15.6. The van der Waals surface area contributed by atoms with E-state index in [0.717, 1.165) is 71.5 Å². The van der Waals surface area contributed by atoms with E-state index in [2.05, 4.69) is 26.6 Å². The molecule has 1 spiro atoms. The van der Waals surface area contributed by atoms with Gasteiger partial charge in [0.25, 0.3) is 0 Å². The van der Waals surface area contributed by atoms with Crippen LogP contribution < -0.4 is 0 Å². The van der Waals surface area contributed by atoms with Gasteiger partial charge in [0, 0.05) is 38.9 Å². The summed E-state index contributed by atoms with van der Waals surface area (Å²) in [6.45, 7) is 5.58. The third-order valence-electron chi connectivity index (χ3n) is 5.82. The molecule has 3 saturated heterocycles. The van der Waals surface area contributed by atoms with Crippen molar-refractivity contribution in [2.24, 2.45) is 5.41 Å². The number of ether oxygens (including phenoxy) is 1. The highest BCUT2D eigenvalue weighted by molar-refractivity contribution is 7.07.